The lowest BCUT2D eigenvalue weighted by Gasteiger charge is -2.16. The quantitative estimate of drug-likeness (QED) is 0.686. The maximum Gasteiger partial charge on any atom is 0.0897 e. The molecule has 0 aliphatic carbocycles. The molecule has 2 atom stereocenters. The first-order chi connectivity index (χ1) is 9.65. The molecule has 0 spiro atoms. The maximum atomic E-state index is 9.80. The molecule has 1 aromatic rings. The van der Waals surface area contributed by atoms with E-state index in [9.17, 15) is 5.11 Å². The van der Waals surface area contributed by atoms with Crippen molar-refractivity contribution in [3.63, 3.8) is 0 Å². The predicted molar refractivity (Wildman–Crippen MR) is 80.8 cm³/mol. The number of rotatable bonds is 10. The summed E-state index contributed by atoms with van der Waals surface area (Å²) in [7, 11) is 1.64. The number of aliphatic hydroxyl groups excluding tert-OH is 1. The lowest BCUT2D eigenvalue weighted by molar-refractivity contribution is -0.0311. The van der Waals surface area contributed by atoms with Gasteiger partial charge in [0.2, 0.25) is 0 Å². The van der Waals surface area contributed by atoms with Crippen molar-refractivity contribution in [2.24, 2.45) is 0 Å². The molecular weight excluding hydrogens is 254 g/mol. The van der Waals surface area contributed by atoms with Gasteiger partial charge in [0.1, 0.15) is 0 Å². The normalized spacial score (nSPS) is 14.2. The molecule has 0 radical (unpaired) electrons. The fourth-order valence-corrected chi connectivity index (χ4v) is 1.89. The molecular formula is C16H27NO3. The standard InChI is InChI=1S/C16H27NO3/c1-4-14-5-7-15(8-6-14)9-17-10-16(18)12-20-13(2)11-19-3/h5-8,13,16-18H,4,9-12H2,1-3H3. The number of aliphatic hydroxyl groups is 1. The van der Waals surface area contributed by atoms with E-state index in [1.165, 1.54) is 11.1 Å². The van der Waals surface area contributed by atoms with Crippen LogP contribution >= 0.6 is 0 Å². The predicted octanol–water partition coefficient (Wildman–Crippen LogP) is 1.75. The molecule has 2 unspecified atom stereocenters. The van der Waals surface area contributed by atoms with E-state index >= 15 is 0 Å². The van der Waals surface area contributed by atoms with Gasteiger partial charge in [0, 0.05) is 20.2 Å². The fraction of sp³-hybridized carbons (Fsp3) is 0.625. The van der Waals surface area contributed by atoms with Crippen molar-refractivity contribution in [3.8, 4) is 0 Å². The Labute approximate surface area is 122 Å². The molecule has 4 nitrogen and oxygen atoms in total. The van der Waals surface area contributed by atoms with E-state index in [-0.39, 0.29) is 6.10 Å². The molecule has 4 heteroatoms. The largest absolute Gasteiger partial charge is 0.389 e. The van der Waals surface area contributed by atoms with Crippen molar-refractivity contribution >= 4 is 0 Å². The third kappa shape index (κ3) is 7.01. The Kier molecular flexibility index (Phi) is 8.46. The van der Waals surface area contributed by atoms with Crippen LogP contribution in [0.1, 0.15) is 25.0 Å². The molecule has 0 amide bonds. The van der Waals surface area contributed by atoms with Crippen LogP contribution in [0.25, 0.3) is 0 Å². The van der Waals surface area contributed by atoms with Gasteiger partial charge in [-0.15, -0.1) is 0 Å². The zero-order valence-corrected chi connectivity index (χ0v) is 12.8. The Hall–Kier alpha value is -0.940. The molecule has 114 valence electrons. The van der Waals surface area contributed by atoms with Gasteiger partial charge in [0.25, 0.3) is 0 Å². The van der Waals surface area contributed by atoms with E-state index < -0.39 is 6.10 Å². The third-order valence-corrected chi connectivity index (χ3v) is 3.11. The molecule has 0 aliphatic heterocycles. The Balaban J connectivity index is 2.16. The van der Waals surface area contributed by atoms with Gasteiger partial charge in [-0.2, -0.15) is 0 Å². The molecule has 0 aliphatic rings. The van der Waals surface area contributed by atoms with Crippen LogP contribution in [0.4, 0.5) is 0 Å². The molecule has 1 aromatic carbocycles. The summed E-state index contributed by atoms with van der Waals surface area (Å²) in [6.45, 7) is 6.23. The second-order valence-electron chi connectivity index (χ2n) is 5.05. The van der Waals surface area contributed by atoms with Crippen LogP contribution in [0, 0.1) is 0 Å². The van der Waals surface area contributed by atoms with Crippen LogP contribution in [0.2, 0.25) is 0 Å². The minimum Gasteiger partial charge on any atom is -0.389 e. The van der Waals surface area contributed by atoms with Gasteiger partial charge < -0.3 is 19.9 Å². The average Bonchev–Trinajstić information content (AvgIpc) is 2.46. The molecule has 0 saturated heterocycles. The van der Waals surface area contributed by atoms with Crippen molar-refractivity contribution in [1.29, 1.82) is 0 Å². The third-order valence-electron chi connectivity index (χ3n) is 3.11. The Morgan fingerprint density at radius 1 is 1.15 bits per heavy atom. The summed E-state index contributed by atoms with van der Waals surface area (Å²) in [6.07, 6.45) is 0.573. The summed E-state index contributed by atoms with van der Waals surface area (Å²) in [5.41, 5.74) is 2.57. The van der Waals surface area contributed by atoms with E-state index in [0.29, 0.717) is 19.8 Å². The van der Waals surface area contributed by atoms with Gasteiger partial charge >= 0.3 is 0 Å². The Morgan fingerprint density at radius 3 is 2.40 bits per heavy atom. The van der Waals surface area contributed by atoms with Crippen LogP contribution in [-0.4, -0.2) is 44.2 Å². The minimum atomic E-state index is -0.496. The summed E-state index contributed by atoms with van der Waals surface area (Å²) in [6, 6.07) is 8.52. The minimum absolute atomic E-state index is 0.0104. The maximum absolute atomic E-state index is 9.80. The summed E-state index contributed by atoms with van der Waals surface area (Å²) < 4.78 is 10.4. The highest BCUT2D eigenvalue weighted by molar-refractivity contribution is 5.22. The second kappa shape index (κ2) is 9.88. The van der Waals surface area contributed by atoms with Crippen LogP contribution in [-0.2, 0) is 22.4 Å². The summed E-state index contributed by atoms with van der Waals surface area (Å²) in [5, 5.41) is 13.0. The van der Waals surface area contributed by atoms with E-state index in [0.717, 1.165) is 13.0 Å². The lowest BCUT2D eigenvalue weighted by Crippen LogP contribution is -2.32. The highest BCUT2D eigenvalue weighted by Crippen LogP contribution is 2.04. The van der Waals surface area contributed by atoms with Crippen LogP contribution in [0.5, 0.6) is 0 Å². The molecule has 1 rings (SSSR count). The zero-order valence-electron chi connectivity index (χ0n) is 12.8. The first-order valence-corrected chi connectivity index (χ1v) is 7.22. The monoisotopic (exact) mass is 281 g/mol. The fourth-order valence-electron chi connectivity index (χ4n) is 1.89. The summed E-state index contributed by atoms with van der Waals surface area (Å²) >= 11 is 0. The van der Waals surface area contributed by atoms with Gasteiger partial charge in [-0.1, -0.05) is 31.2 Å². The van der Waals surface area contributed by atoms with Crippen molar-refractivity contribution in [2.45, 2.75) is 39.0 Å². The van der Waals surface area contributed by atoms with Gasteiger partial charge in [-0.25, -0.2) is 0 Å². The van der Waals surface area contributed by atoms with Gasteiger partial charge in [0.05, 0.1) is 25.4 Å². The topological polar surface area (TPSA) is 50.7 Å². The number of hydrogen-bond donors (Lipinski definition) is 2. The van der Waals surface area contributed by atoms with E-state index in [1.54, 1.807) is 7.11 Å². The highest BCUT2D eigenvalue weighted by atomic mass is 16.5. The number of benzene rings is 1. The molecule has 0 bridgehead atoms. The van der Waals surface area contributed by atoms with Crippen molar-refractivity contribution in [1.82, 2.24) is 5.32 Å². The molecule has 2 N–H and O–H groups in total. The summed E-state index contributed by atoms with van der Waals surface area (Å²) in [5.74, 6) is 0. The summed E-state index contributed by atoms with van der Waals surface area (Å²) in [4.78, 5) is 0. The van der Waals surface area contributed by atoms with Crippen molar-refractivity contribution in [2.75, 3.05) is 26.9 Å². The number of hydrogen-bond acceptors (Lipinski definition) is 4. The number of methoxy groups -OCH3 is 1. The number of aryl methyl sites for hydroxylation is 1. The first-order valence-electron chi connectivity index (χ1n) is 7.22. The molecule has 0 fully saturated rings. The zero-order chi connectivity index (χ0) is 14.8. The van der Waals surface area contributed by atoms with Crippen molar-refractivity contribution in [3.05, 3.63) is 35.4 Å². The van der Waals surface area contributed by atoms with E-state index in [4.69, 9.17) is 9.47 Å². The lowest BCUT2D eigenvalue weighted by atomic mass is 10.1. The van der Waals surface area contributed by atoms with Crippen LogP contribution in [0.3, 0.4) is 0 Å². The molecule has 0 saturated carbocycles. The highest BCUT2D eigenvalue weighted by Gasteiger charge is 2.07. The van der Waals surface area contributed by atoms with Gasteiger partial charge in [-0.3, -0.25) is 0 Å². The van der Waals surface area contributed by atoms with Gasteiger partial charge in [0.15, 0.2) is 0 Å². The molecule has 0 aromatic heterocycles. The van der Waals surface area contributed by atoms with Gasteiger partial charge in [-0.05, 0) is 24.5 Å². The Bertz CT molecular complexity index is 353. The second-order valence-corrected chi connectivity index (χ2v) is 5.05. The SMILES string of the molecule is CCc1ccc(CNCC(O)COC(C)COC)cc1. The van der Waals surface area contributed by atoms with Crippen LogP contribution in [0.15, 0.2) is 24.3 Å². The molecule has 20 heavy (non-hydrogen) atoms. The number of nitrogens with one attached hydrogen (secondary N) is 1. The smallest absolute Gasteiger partial charge is 0.0897 e. The molecule has 0 heterocycles. The first kappa shape index (κ1) is 17.1. The Morgan fingerprint density at radius 2 is 1.80 bits per heavy atom. The van der Waals surface area contributed by atoms with Crippen molar-refractivity contribution < 1.29 is 14.6 Å². The van der Waals surface area contributed by atoms with E-state index in [1.807, 2.05) is 6.92 Å². The van der Waals surface area contributed by atoms with Crippen LogP contribution < -0.4 is 5.32 Å². The average molecular weight is 281 g/mol. The van der Waals surface area contributed by atoms with E-state index in [2.05, 4.69) is 36.5 Å². The number of ether oxygens (including phenoxy) is 2.